The van der Waals surface area contributed by atoms with Crippen LogP contribution in [0.25, 0.3) is 0 Å². The van der Waals surface area contributed by atoms with Gasteiger partial charge >= 0.3 is 6.03 Å². The molecule has 2 N–H and O–H groups in total. The summed E-state index contributed by atoms with van der Waals surface area (Å²) in [6.45, 7) is 1.70. The highest BCUT2D eigenvalue weighted by Gasteiger charge is 2.06. The van der Waals surface area contributed by atoms with Gasteiger partial charge < -0.3 is 10.6 Å². The summed E-state index contributed by atoms with van der Waals surface area (Å²) in [6, 6.07) is 5.01. The van der Waals surface area contributed by atoms with Crippen molar-refractivity contribution >= 4 is 23.2 Å². The minimum absolute atomic E-state index is 0.00867. The molecule has 0 aliphatic carbocycles. The molecule has 0 saturated heterocycles. The number of anilines is 1. The second-order valence-corrected chi connectivity index (χ2v) is 3.64. The number of amides is 2. The molecule has 7 heteroatoms. The number of hydrogen-bond acceptors (Lipinski definition) is 4. The van der Waals surface area contributed by atoms with Gasteiger partial charge in [0.1, 0.15) is 5.78 Å². The van der Waals surface area contributed by atoms with Crippen LogP contribution in [0.4, 0.5) is 16.2 Å². The van der Waals surface area contributed by atoms with E-state index in [1.165, 1.54) is 31.2 Å². The Morgan fingerprint density at radius 1 is 1.28 bits per heavy atom. The molecule has 0 fully saturated rings. The summed E-state index contributed by atoms with van der Waals surface area (Å²) in [7, 11) is 0. The van der Waals surface area contributed by atoms with Crippen LogP contribution in [0.3, 0.4) is 0 Å². The molecule has 0 aliphatic rings. The minimum Gasteiger partial charge on any atom is -0.337 e. The van der Waals surface area contributed by atoms with Crippen LogP contribution in [0.15, 0.2) is 24.3 Å². The fraction of sp³-hybridized carbons (Fsp3) is 0.273. The Morgan fingerprint density at radius 2 is 1.89 bits per heavy atom. The quantitative estimate of drug-likeness (QED) is 0.614. The van der Waals surface area contributed by atoms with Gasteiger partial charge in [-0.05, 0) is 19.1 Å². The number of nitro groups is 1. The molecule has 0 radical (unpaired) electrons. The standard InChI is InChI=1S/C11H13N3O4/c1-8(15)6-7-12-11(16)13-9-2-4-10(5-3-9)14(17)18/h2-5H,6-7H2,1H3,(H2,12,13,16). The Balaban J connectivity index is 2.44. The van der Waals surface area contributed by atoms with Crippen molar-refractivity contribution in [3.8, 4) is 0 Å². The van der Waals surface area contributed by atoms with Crippen molar-refractivity contribution in [2.45, 2.75) is 13.3 Å². The first-order valence-electron chi connectivity index (χ1n) is 5.28. The van der Waals surface area contributed by atoms with Gasteiger partial charge in [-0.3, -0.25) is 14.9 Å². The molecule has 0 saturated carbocycles. The smallest absolute Gasteiger partial charge is 0.319 e. The third kappa shape index (κ3) is 4.60. The van der Waals surface area contributed by atoms with E-state index in [1.807, 2.05) is 0 Å². The molecule has 1 rings (SSSR count). The number of Topliss-reactive ketones (excluding diaryl/α,β-unsaturated/α-hetero) is 1. The molecule has 1 aromatic rings. The maximum Gasteiger partial charge on any atom is 0.319 e. The number of nitro benzene ring substituents is 1. The number of rotatable bonds is 5. The summed E-state index contributed by atoms with van der Waals surface area (Å²) in [5.41, 5.74) is 0.401. The largest absolute Gasteiger partial charge is 0.337 e. The van der Waals surface area contributed by atoms with E-state index in [1.54, 1.807) is 0 Å². The lowest BCUT2D eigenvalue weighted by molar-refractivity contribution is -0.384. The van der Waals surface area contributed by atoms with Gasteiger partial charge in [-0.1, -0.05) is 0 Å². The average Bonchev–Trinajstić information content (AvgIpc) is 2.29. The van der Waals surface area contributed by atoms with E-state index in [-0.39, 0.29) is 24.4 Å². The van der Waals surface area contributed by atoms with E-state index in [4.69, 9.17) is 0 Å². The molecule has 0 unspecified atom stereocenters. The Morgan fingerprint density at radius 3 is 2.39 bits per heavy atom. The number of ketones is 1. The Kier molecular flexibility index (Phi) is 4.79. The molecule has 0 heterocycles. The van der Waals surface area contributed by atoms with Crippen LogP contribution in [0.1, 0.15) is 13.3 Å². The summed E-state index contributed by atoms with van der Waals surface area (Å²) in [4.78, 5) is 31.9. The lowest BCUT2D eigenvalue weighted by atomic mass is 10.3. The van der Waals surface area contributed by atoms with Crippen LogP contribution in [-0.4, -0.2) is 23.3 Å². The SMILES string of the molecule is CC(=O)CCNC(=O)Nc1ccc([N+](=O)[O-])cc1. The third-order valence-corrected chi connectivity index (χ3v) is 2.10. The summed E-state index contributed by atoms with van der Waals surface area (Å²) >= 11 is 0. The number of nitrogens with zero attached hydrogens (tertiary/aromatic N) is 1. The molecule has 1 aromatic carbocycles. The Bertz CT molecular complexity index is 456. The molecule has 7 nitrogen and oxygen atoms in total. The van der Waals surface area contributed by atoms with E-state index in [9.17, 15) is 19.7 Å². The second kappa shape index (κ2) is 6.33. The average molecular weight is 251 g/mol. The van der Waals surface area contributed by atoms with Gasteiger partial charge in [0, 0.05) is 30.8 Å². The second-order valence-electron chi connectivity index (χ2n) is 3.64. The molecule has 96 valence electrons. The zero-order valence-corrected chi connectivity index (χ0v) is 9.80. The number of benzene rings is 1. The summed E-state index contributed by atoms with van der Waals surface area (Å²) in [6.07, 6.45) is 0.272. The zero-order valence-electron chi connectivity index (χ0n) is 9.80. The zero-order chi connectivity index (χ0) is 13.5. The van der Waals surface area contributed by atoms with Crippen LogP contribution >= 0.6 is 0 Å². The summed E-state index contributed by atoms with van der Waals surface area (Å²) in [5.74, 6) is -0.00867. The van der Waals surface area contributed by atoms with Gasteiger partial charge in [-0.15, -0.1) is 0 Å². The van der Waals surface area contributed by atoms with Crippen LogP contribution in [0, 0.1) is 10.1 Å². The molecule has 18 heavy (non-hydrogen) atoms. The van der Waals surface area contributed by atoms with Gasteiger partial charge in [0.05, 0.1) is 4.92 Å². The predicted octanol–water partition coefficient (Wildman–Crippen LogP) is 1.70. The number of nitrogens with one attached hydrogen (secondary N) is 2. The Hall–Kier alpha value is -2.44. The van der Waals surface area contributed by atoms with Gasteiger partial charge in [0.25, 0.3) is 5.69 Å². The highest BCUT2D eigenvalue weighted by atomic mass is 16.6. The van der Waals surface area contributed by atoms with Crippen molar-refractivity contribution < 1.29 is 14.5 Å². The molecule has 0 aromatic heterocycles. The monoisotopic (exact) mass is 251 g/mol. The maximum atomic E-state index is 11.3. The lowest BCUT2D eigenvalue weighted by Gasteiger charge is -2.06. The Labute approximate surface area is 103 Å². The summed E-state index contributed by atoms with van der Waals surface area (Å²) < 4.78 is 0. The minimum atomic E-state index is -0.517. The van der Waals surface area contributed by atoms with Crippen molar-refractivity contribution in [2.24, 2.45) is 0 Å². The number of urea groups is 1. The van der Waals surface area contributed by atoms with Crippen LogP contribution in [-0.2, 0) is 4.79 Å². The number of carbonyl (C=O) groups excluding carboxylic acids is 2. The predicted molar refractivity (Wildman–Crippen MR) is 65.4 cm³/mol. The highest BCUT2D eigenvalue weighted by Crippen LogP contribution is 2.14. The first-order chi connectivity index (χ1) is 8.49. The van der Waals surface area contributed by atoms with E-state index in [2.05, 4.69) is 10.6 Å². The van der Waals surface area contributed by atoms with Crippen molar-refractivity contribution in [3.63, 3.8) is 0 Å². The molecule has 0 spiro atoms. The molecular formula is C11H13N3O4. The van der Waals surface area contributed by atoms with Crippen molar-refractivity contribution in [2.75, 3.05) is 11.9 Å². The van der Waals surface area contributed by atoms with E-state index in [0.717, 1.165) is 0 Å². The molecule has 0 atom stereocenters. The summed E-state index contributed by atoms with van der Waals surface area (Å²) in [5, 5.41) is 15.4. The van der Waals surface area contributed by atoms with Crippen LogP contribution < -0.4 is 10.6 Å². The van der Waals surface area contributed by atoms with Crippen molar-refractivity contribution in [1.29, 1.82) is 0 Å². The molecule has 2 amide bonds. The van der Waals surface area contributed by atoms with Crippen molar-refractivity contribution in [3.05, 3.63) is 34.4 Å². The van der Waals surface area contributed by atoms with Gasteiger partial charge in [0.15, 0.2) is 0 Å². The number of carbonyl (C=O) groups is 2. The molecule has 0 bridgehead atoms. The molecule has 0 aliphatic heterocycles. The van der Waals surface area contributed by atoms with E-state index in [0.29, 0.717) is 5.69 Å². The van der Waals surface area contributed by atoms with Gasteiger partial charge in [-0.2, -0.15) is 0 Å². The van der Waals surface area contributed by atoms with Gasteiger partial charge in [-0.25, -0.2) is 4.79 Å². The number of hydrogen-bond donors (Lipinski definition) is 2. The lowest BCUT2D eigenvalue weighted by Crippen LogP contribution is -2.30. The highest BCUT2D eigenvalue weighted by molar-refractivity contribution is 5.89. The first kappa shape index (κ1) is 13.6. The van der Waals surface area contributed by atoms with E-state index >= 15 is 0 Å². The van der Waals surface area contributed by atoms with Crippen LogP contribution in [0.2, 0.25) is 0 Å². The number of non-ortho nitro benzene ring substituents is 1. The normalized spacial score (nSPS) is 9.61. The van der Waals surface area contributed by atoms with Gasteiger partial charge in [0.2, 0.25) is 0 Å². The van der Waals surface area contributed by atoms with Crippen LogP contribution in [0.5, 0.6) is 0 Å². The molecular weight excluding hydrogens is 238 g/mol. The topological polar surface area (TPSA) is 101 Å². The van der Waals surface area contributed by atoms with E-state index < -0.39 is 11.0 Å². The van der Waals surface area contributed by atoms with Crippen molar-refractivity contribution in [1.82, 2.24) is 5.32 Å². The fourth-order valence-corrected chi connectivity index (χ4v) is 1.19. The first-order valence-corrected chi connectivity index (χ1v) is 5.28. The fourth-order valence-electron chi connectivity index (χ4n) is 1.19. The third-order valence-electron chi connectivity index (χ3n) is 2.10. The maximum absolute atomic E-state index is 11.3.